The van der Waals surface area contributed by atoms with E-state index in [2.05, 4.69) is 16.3 Å². The van der Waals surface area contributed by atoms with Crippen molar-refractivity contribution in [1.82, 2.24) is 15.1 Å². The zero-order valence-corrected chi connectivity index (χ0v) is 15.4. The molecule has 2 unspecified atom stereocenters. The zero-order chi connectivity index (χ0) is 19.0. The normalized spacial score (nSPS) is 26.7. The summed E-state index contributed by atoms with van der Waals surface area (Å²) in [6, 6.07) is 5.72. The number of nitrogens with two attached hydrogens (primary N) is 1. The molecule has 3 amide bonds. The van der Waals surface area contributed by atoms with E-state index in [1.54, 1.807) is 4.90 Å². The van der Waals surface area contributed by atoms with Gasteiger partial charge in [-0.1, -0.05) is 12.1 Å². The summed E-state index contributed by atoms with van der Waals surface area (Å²) in [6.45, 7) is 3.33. The molecule has 3 aliphatic rings. The molecule has 0 radical (unpaired) electrons. The minimum absolute atomic E-state index is 0.119. The summed E-state index contributed by atoms with van der Waals surface area (Å²) in [5.41, 5.74) is 8.88. The molecular formula is C20H26N4O3. The van der Waals surface area contributed by atoms with Crippen molar-refractivity contribution < 1.29 is 14.4 Å². The van der Waals surface area contributed by atoms with Gasteiger partial charge in [-0.3, -0.25) is 24.6 Å². The van der Waals surface area contributed by atoms with Gasteiger partial charge in [0.25, 0.3) is 5.91 Å². The van der Waals surface area contributed by atoms with Crippen LogP contribution in [0.5, 0.6) is 0 Å². The minimum Gasteiger partial charge on any atom is -0.328 e. The average Bonchev–Trinajstić information content (AvgIpc) is 2.80. The molecule has 0 spiro atoms. The van der Waals surface area contributed by atoms with Gasteiger partial charge in [0.05, 0.1) is 0 Å². The molecule has 4 rings (SSSR count). The number of hydrogen-bond donors (Lipinski definition) is 2. The zero-order valence-electron chi connectivity index (χ0n) is 15.4. The second-order valence-corrected chi connectivity index (χ2v) is 7.86. The molecule has 1 aromatic carbocycles. The summed E-state index contributed by atoms with van der Waals surface area (Å²) in [4.78, 5) is 40.3. The van der Waals surface area contributed by atoms with E-state index in [1.807, 2.05) is 12.1 Å². The van der Waals surface area contributed by atoms with Crippen LogP contribution in [0.15, 0.2) is 18.2 Å². The van der Waals surface area contributed by atoms with E-state index >= 15 is 0 Å². The molecule has 7 heteroatoms. The first-order valence-corrected chi connectivity index (χ1v) is 9.75. The van der Waals surface area contributed by atoms with Crippen molar-refractivity contribution in [2.45, 2.75) is 57.3 Å². The van der Waals surface area contributed by atoms with Crippen molar-refractivity contribution in [1.29, 1.82) is 0 Å². The van der Waals surface area contributed by atoms with Gasteiger partial charge in [-0.05, 0) is 56.0 Å². The monoisotopic (exact) mass is 370 g/mol. The van der Waals surface area contributed by atoms with Gasteiger partial charge >= 0.3 is 0 Å². The van der Waals surface area contributed by atoms with Crippen LogP contribution in [-0.2, 0) is 22.7 Å². The van der Waals surface area contributed by atoms with Crippen LogP contribution in [0.2, 0.25) is 0 Å². The maximum Gasteiger partial charge on any atom is 0.255 e. The predicted molar refractivity (Wildman–Crippen MR) is 99.6 cm³/mol. The Kier molecular flexibility index (Phi) is 4.97. The lowest BCUT2D eigenvalue weighted by atomic mass is 10.0. The van der Waals surface area contributed by atoms with Crippen molar-refractivity contribution in [2.24, 2.45) is 5.73 Å². The predicted octanol–water partition coefficient (Wildman–Crippen LogP) is 0.761. The van der Waals surface area contributed by atoms with Gasteiger partial charge in [-0.2, -0.15) is 0 Å². The lowest BCUT2D eigenvalue weighted by molar-refractivity contribution is -0.136. The third-order valence-corrected chi connectivity index (χ3v) is 5.86. The van der Waals surface area contributed by atoms with Crippen LogP contribution in [0, 0.1) is 0 Å². The van der Waals surface area contributed by atoms with Crippen LogP contribution in [0.4, 0.5) is 0 Å². The molecule has 3 heterocycles. The van der Waals surface area contributed by atoms with E-state index in [9.17, 15) is 14.4 Å². The number of carbonyl (C=O) groups is 3. The summed E-state index contributed by atoms with van der Waals surface area (Å²) < 4.78 is 0. The SMILES string of the molecule is NC1CCCN(Cc2ccc3c(c2)CN(C2CCC(=O)NC2=O)C3=O)CC1. The van der Waals surface area contributed by atoms with Crippen LogP contribution >= 0.6 is 0 Å². The molecule has 2 atom stereocenters. The summed E-state index contributed by atoms with van der Waals surface area (Å²) in [6.07, 6.45) is 3.89. The number of fused-ring (bicyclic) bond motifs is 1. The number of hydrogen-bond acceptors (Lipinski definition) is 5. The Morgan fingerprint density at radius 3 is 2.78 bits per heavy atom. The first kappa shape index (κ1) is 18.1. The molecule has 2 saturated heterocycles. The van der Waals surface area contributed by atoms with Crippen molar-refractivity contribution in [2.75, 3.05) is 13.1 Å². The third kappa shape index (κ3) is 3.75. The van der Waals surface area contributed by atoms with Gasteiger partial charge in [-0.25, -0.2) is 0 Å². The summed E-state index contributed by atoms with van der Waals surface area (Å²) in [5, 5.41) is 2.34. The van der Waals surface area contributed by atoms with Crippen molar-refractivity contribution in [3.63, 3.8) is 0 Å². The fraction of sp³-hybridized carbons (Fsp3) is 0.550. The molecule has 144 valence electrons. The Bertz CT molecular complexity index is 778. The summed E-state index contributed by atoms with van der Waals surface area (Å²) in [7, 11) is 0. The van der Waals surface area contributed by atoms with Crippen LogP contribution < -0.4 is 11.1 Å². The van der Waals surface area contributed by atoms with E-state index in [-0.39, 0.29) is 24.1 Å². The van der Waals surface area contributed by atoms with Gasteiger partial charge in [-0.15, -0.1) is 0 Å². The molecule has 2 fully saturated rings. The highest BCUT2D eigenvalue weighted by Gasteiger charge is 2.39. The van der Waals surface area contributed by atoms with Gasteiger partial charge in [0.2, 0.25) is 11.8 Å². The van der Waals surface area contributed by atoms with E-state index in [0.717, 1.165) is 44.5 Å². The molecule has 3 aliphatic heterocycles. The number of likely N-dealkylation sites (tertiary alicyclic amines) is 1. The second-order valence-electron chi connectivity index (χ2n) is 7.86. The Morgan fingerprint density at radius 2 is 1.96 bits per heavy atom. The second kappa shape index (κ2) is 7.40. The first-order chi connectivity index (χ1) is 13.0. The number of carbonyl (C=O) groups excluding carboxylic acids is 3. The van der Waals surface area contributed by atoms with Crippen LogP contribution in [0.1, 0.15) is 53.6 Å². The van der Waals surface area contributed by atoms with Crippen molar-refractivity contribution in [3.05, 3.63) is 34.9 Å². The maximum absolute atomic E-state index is 12.7. The maximum atomic E-state index is 12.7. The van der Waals surface area contributed by atoms with E-state index in [0.29, 0.717) is 24.6 Å². The van der Waals surface area contributed by atoms with Gasteiger partial charge in [0.15, 0.2) is 0 Å². The number of nitrogens with one attached hydrogen (secondary N) is 1. The van der Waals surface area contributed by atoms with Crippen LogP contribution in [0.3, 0.4) is 0 Å². The topological polar surface area (TPSA) is 95.7 Å². The van der Waals surface area contributed by atoms with Crippen molar-refractivity contribution >= 4 is 17.7 Å². The average molecular weight is 370 g/mol. The van der Waals surface area contributed by atoms with E-state index in [1.165, 1.54) is 5.56 Å². The highest BCUT2D eigenvalue weighted by molar-refractivity contribution is 6.05. The highest BCUT2D eigenvalue weighted by Crippen LogP contribution is 2.28. The Hall–Kier alpha value is -2.25. The summed E-state index contributed by atoms with van der Waals surface area (Å²) in [5.74, 6) is -0.750. The molecule has 0 aliphatic carbocycles. The lowest BCUT2D eigenvalue weighted by Gasteiger charge is -2.29. The standard InChI is InChI=1S/C20H26N4O3/c21-15-2-1-8-23(9-7-15)11-13-3-4-16-14(10-13)12-24(20(16)27)17-5-6-18(25)22-19(17)26/h3-4,10,15,17H,1-2,5-9,11-12,21H2,(H,22,25,26). The van der Waals surface area contributed by atoms with Crippen molar-refractivity contribution in [3.8, 4) is 0 Å². The van der Waals surface area contributed by atoms with Gasteiger partial charge in [0, 0.05) is 31.1 Å². The number of rotatable bonds is 3. The molecule has 3 N–H and O–H groups in total. The number of piperidine rings is 1. The molecule has 0 bridgehead atoms. The number of amides is 3. The fourth-order valence-corrected chi connectivity index (χ4v) is 4.32. The van der Waals surface area contributed by atoms with E-state index < -0.39 is 6.04 Å². The number of nitrogens with zero attached hydrogens (tertiary/aromatic N) is 2. The Balaban J connectivity index is 1.46. The third-order valence-electron chi connectivity index (χ3n) is 5.86. The smallest absolute Gasteiger partial charge is 0.255 e. The quantitative estimate of drug-likeness (QED) is 0.766. The van der Waals surface area contributed by atoms with Gasteiger partial charge in [0.1, 0.15) is 6.04 Å². The lowest BCUT2D eigenvalue weighted by Crippen LogP contribution is -2.52. The van der Waals surface area contributed by atoms with Crippen LogP contribution in [-0.4, -0.2) is 52.7 Å². The summed E-state index contributed by atoms with van der Waals surface area (Å²) >= 11 is 0. The molecule has 27 heavy (non-hydrogen) atoms. The number of benzene rings is 1. The molecule has 0 aromatic heterocycles. The molecule has 1 aromatic rings. The highest BCUT2D eigenvalue weighted by atomic mass is 16.2. The Labute approximate surface area is 158 Å². The minimum atomic E-state index is -0.557. The molecular weight excluding hydrogens is 344 g/mol. The number of imide groups is 1. The fourth-order valence-electron chi connectivity index (χ4n) is 4.32. The first-order valence-electron chi connectivity index (χ1n) is 9.75. The van der Waals surface area contributed by atoms with Crippen LogP contribution in [0.25, 0.3) is 0 Å². The Morgan fingerprint density at radius 1 is 1.11 bits per heavy atom. The largest absolute Gasteiger partial charge is 0.328 e. The molecule has 7 nitrogen and oxygen atoms in total. The molecule has 0 saturated carbocycles. The van der Waals surface area contributed by atoms with Gasteiger partial charge < -0.3 is 10.6 Å². The van der Waals surface area contributed by atoms with E-state index in [4.69, 9.17) is 5.73 Å².